The average molecular weight is 272 g/mol. The number of nitrogens with one attached hydrogen (secondary N) is 2. The predicted octanol–water partition coefficient (Wildman–Crippen LogP) is -0.536. The second-order valence-electron chi connectivity index (χ2n) is 3.71. The molecule has 0 unspecified atom stereocenters. The van der Waals surface area contributed by atoms with Gasteiger partial charge >= 0.3 is 0 Å². The molecule has 18 heavy (non-hydrogen) atoms. The van der Waals surface area contributed by atoms with Crippen molar-refractivity contribution in [1.82, 2.24) is 5.32 Å². The third-order valence-electron chi connectivity index (χ3n) is 2.13. The number of nitrogen functional groups attached to an aromatic ring is 1. The first kappa shape index (κ1) is 14.3. The Labute approximate surface area is 106 Å². The minimum absolute atomic E-state index is 0.0645. The fraction of sp³-hybridized carbons (Fsp3) is 0.300. The van der Waals surface area contributed by atoms with Gasteiger partial charge in [-0.05, 0) is 18.2 Å². The van der Waals surface area contributed by atoms with Gasteiger partial charge in [-0.15, -0.1) is 0 Å². The summed E-state index contributed by atoms with van der Waals surface area (Å²) in [6.45, 7) is 2.16. The Kier molecular flexibility index (Phi) is 4.51. The lowest BCUT2D eigenvalue weighted by atomic mass is 10.3. The highest BCUT2D eigenvalue weighted by Gasteiger charge is 2.13. The van der Waals surface area contributed by atoms with E-state index in [9.17, 15) is 13.2 Å². The summed E-state index contributed by atoms with van der Waals surface area (Å²) in [6.07, 6.45) is 0. The summed E-state index contributed by atoms with van der Waals surface area (Å²) in [5, 5.41) is 10.5. The molecular formula is C10H16N4O3S. The Morgan fingerprint density at radius 3 is 2.56 bits per heavy atom. The first-order chi connectivity index (χ1) is 8.30. The highest BCUT2D eigenvalue weighted by molar-refractivity contribution is 7.89. The molecule has 0 heterocycles. The van der Waals surface area contributed by atoms with Gasteiger partial charge in [0.15, 0.2) is 0 Å². The number of amides is 1. The van der Waals surface area contributed by atoms with Crippen LogP contribution in [0.5, 0.6) is 0 Å². The van der Waals surface area contributed by atoms with Crippen molar-refractivity contribution in [3.05, 3.63) is 18.2 Å². The van der Waals surface area contributed by atoms with Crippen molar-refractivity contribution < 1.29 is 13.2 Å². The number of benzene rings is 1. The zero-order valence-corrected chi connectivity index (χ0v) is 10.8. The van der Waals surface area contributed by atoms with Crippen LogP contribution in [0.15, 0.2) is 23.1 Å². The van der Waals surface area contributed by atoms with Crippen molar-refractivity contribution in [2.24, 2.45) is 5.14 Å². The van der Waals surface area contributed by atoms with Crippen LogP contribution < -0.4 is 21.5 Å². The first-order valence-electron chi connectivity index (χ1n) is 5.21. The molecule has 0 saturated carbocycles. The molecule has 0 saturated heterocycles. The normalized spacial score (nSPS) is 11.0. The maximum Gasteiger partial charge on any atom is 0.240 e. The highest BCUT2D eigenvalue weighted by Crippen LogP contribution is 2.22. The molecule has 0 bridgehead atoms. The van der Waals surface area contributed by atoms with E-state index in [0.717, 1.165) is 0 Å². The summed E-state index contributed by atoms with van der Waals surface area (Å²) < 4.78 is 22.7. The van der Waals surface area contributed by atoms with E-state index < -0.39 is 10.0 Å². The van der Waals surface area contributed by atoms with Crippen LogP contribution in [0.1, 0.15) is 6.92 Å². The number of hydrogen-bond donors (Lipinski definition) is 4. The number of carbonyl (C=O) groups is 1. The van der Waals surface area contributed by atoms with E-state index in [0.29, 0.717) is 24.5 Å². The van der Waals surface area contributed by atoms with Crippen LogP contribution in [0, 0.1) is 0 Å². The number of sulfonamides is 1. The summed E-state index contributed by atoms with van der Waals surface area (Å²) in [5.74, 6) is -0.152. The number of hydrogen-bond acceptors (Lipinski definition) is 5. The molecule has 1 amide bonds. The molecule has 0 atom stereocenters. The smallest absolute Gasteiger partial charge is 0.240 e. The van der Waals surface area contributed by atoms with Gasteiger partial charge in [0.05, 0.1) is 5.69 Å². The maximum absolute atomic E-state index is 11.4. The Morgan fingerprint density at radius 1 is 1.33 bits per heavy atom. The molecule has 6 N–H and O–H groups in total. The van der Waals surface area contributed by atoms with E-state index in [-0.39, 0.29) is 10.8 Å². The zero-order valence-electron chi connectivity index (χ0n) is 9.93. The highest BCUT2D eigenvalue weighted by atomic mass is 32.2. The van der Waals surface area contributed by atoms with Crippen molar-refractivity contribution in [2.75, 3.05) is 24.1 Å². The molecule has 0 aromatic heterocycles. The third kappa shape index (κ3) is 4.22. The number of carbonyl (C=O) groups excluding carboxylic acids is 1. The molecule has 7 nitrogen and oxygen atoms in total. The Balaban J connectivity index is 2.80. The molecular weight excluding hydrogens is 256 g/mol. The quantitative estimate of drug-likeness (QED) is 0.423. The molecule has 100 valence electrons. The molecule has 0 spiro atoms. The lowest BCUT2D eigenvalue weighted by Gasteiger charge is -2.11. The van der Waals surface area contributed by atoms with Crippen LogP contribution in [0.4, 0.5) is 11.4 Å². The van der Waals surface area contributed by atoms with Gasteiger partial charge in [-0.25, -0.2) is 13.6 Å². The number of rotatable bonds is 5. The second-order valence-corrected chi connectivity index (χ2v) is 5.24. The lowest BCUT2D eigenvalue weighted by molar-refractivity contribution is -0.118. The predicted molar refractivity (Wildman–Crippen MR) is 69.4 cm³/mol. The second kappa shape index (κ2) is 5.69. The van der Waals surface area contributed by atoms with Crippen LogP contribution >= 0.6 is 0 Å². The van der Waals surface area contributed by atoms with Gasteiger partial charge < -0.3 is 16.4 Å². The Bertz CT molecular complexity index is 542. The van der Waals surface area contributed by atoms with Crippen LogP contribution in [0.2, 0.25) is 0 Å². The summed E-state index contributed by atoms with van der Waals surface area (Å²) in [7, 11) is -3.84. The van der Waals surface area contributed by atoms with Crippen molar-refractivity contribution in [3.63, 3.8) is 0 Å². The fourth-order valence-electron chi connectivity index (χ4n) is 1.36. The van der Waals surface area contributed by atoms with E-state index in [1.54, 1.807) is 6.07 Å². The SMILES string of the molecule is CC(=O)NCCNc1ccc(N)cc1S(N)(=O)=O. The molecule has 0 aliphatic carbocycles. The molecule has 0 aliphatic heterocycles. The number of primary sulfonamides is 1. The van der Waals surface area contributed by atoms with Gasteiger partial charge in [-0.2, -0.15) is 0 Å². The minimum atomic E-state index is -3.84. The van der Waals surface area contributed by atoms with Gasteiger partial charge in [0.2, 0.25) is 15.9 Å². The topological polar surface area (TPSA) is 127 Å². The molecule has 0 fully saturated rings. The summed E-state index contributed by atoms with van der Waals surface area (Å²) in [6, 6.07) is 4.38. The third-order valence-corrected chi connectivity index (χ3v) is 3.08. The van der Waals surface area contributed by atoms with Crippen molar-refractivity contribution >= 4 is 27.3 Å². The minimum Gasteiger partial charge on any atom is -0.399 e. The van der Waals surface area contributed by atoms with Crippen LogP contribution in [0.25, 0.3) is 0 Å². The van der Waals surface area contributed by atoms with Crippen molar-refractivity contribution in [1.29, 1.82) is 0 Å². The monoisotopic (exact) mass is 272 g/mol. The zero-order chi connectivity index (χ0) is 13.8. The molecule has 1 aromatic carbocycles. The maximum atomic E-state index is 11.4. The standard InChI is InChI=1S/C10H16N4O3S/c1-7(15)13-4-5-14-9-3-2-8(11)6-10(9)18(12,16)17/h2-3,6,14H,4-5,11H2,1H3,(H,13,15)(H2,12,16,17). The van der Waals surface area contributed by atoms with E-state index in [2.05, 4.69) is 10.6 Å². The number of nitrogens with two attached hydrogens (primary N) is 2. The summed E-state index contributed by atoms with van der Waals surface area (Å²) in [4.78, 5) is 10.6. The number of anilines is 2. The van der Waals surface area contributed by atoms with E-state index in [4.69, 9.17) is 10.9 Å². The lowest BCUT2D eigenvalue weighted by Crippen LogP contribution is -2.27. The largest absolute Gasteiger partial charge is 0.399 e. The first-order valence-corrected chi connectivity index (χ1v) is 6.76. The van der Waals surface area contributed by atoms with Crippen LogP contribution in [0.3, 0.4) is 0 Å². The van der Waals surface area contributed by atoms with Crippen LogP contribution in [-0.4, -0.2) is 27.4 Å². The van der Waals surface area contributed by atoms with Crippen LogP contribution in [-0.2, 0) is 14.8 Å². The molecule has 1 aromatic rings. The van der Waals surface area contributed by atoms with E-state index >= 15 is 0 Å². The van der Waals surface area contributed by atoms with Gasteiger partial charge in [-0.1, -0.05) is 0 Å². The van der Waals surface area contributed by atoms with Gasteiger partial charge in [0, 0.05) is 25.7 Å². The van der Waals surface area contributed by atoms with Gasteiger partial charge in [0.25, 0.3) is 0 Å². The van der Waals surface area contributed by atoms with Crippen molar-refractivity contribution in [3.8, 4) is 0 Å². The van der Waals surface area contributed by atoms with E-state index in [1.165, 1.54) is 19.1 Å². The molecule has 1 rings (SSSR count). The molecule has 0 aliphatic rings. The molecule has 8 heteroatoms. The fourth-order valence-corrected chi connectivity index (χ4v) is 2.10. The van der Waals surface area contributed by atoms with Gasteiger partial charge in [-0.3, -0.25) is 4.79 Å². The van der Waals surface area contributed by atoms with Crippen molar-refractivity contribution in [2.45, 2.75) is 11.8 Å². The van der Waals surface area contributed by atoms with Gasteiger partial charge in [0.1, 0.15) is 4.90 Å². The molecule has 0 radical (unpaired) electrons. The Morgan fingerprint density at radius 2 is 2.00 bits per heavy atom. The van der Waals surface area contributed by atoms with E-state index in [1.807, 2.05) is 0 Å². The average Bonchev–Trinajstić information content (AvgIpc) is 2.24. The summed E-state index contributed by atoms with van der Waals surface area (Å²) >= 11 is 0. The Hall–Kier alpha value is -1.80. The summed E-state index contributed by atoms with van der Waals surface area (Å²) in [5.41, 5.74) is 6.18.